The SMILES string of the molecule is CC(=O)c1c(Cl)ccc(F)c1O. The molecule has 0 aromatic heterocycles. The van der Waals surface area contributed by atoms with Gasteiger partial charge < -0.3 is 5.11 Å². The molecule has 0 aliphatic heterocycles. The van der Waals surface area contributed by atoms with Gasteiger partial charge in [-0.25, -0.2) is 4.39 Å². The lowest BCUT2D eigenvalue weighted by atomic mass is 10.1. The van der Waals surface area contributed by atoms with E-state index in [0.29, 0.717) is 0 Å². The number of phenols is 1. The molecular formula is C8H6ClFO2. The molecule has 0 heterocycles. The average Bonchev–Trinajstić information content (AvgIpc) is 1.97. The van der Waals surface area contributed by atoms with Crippen molar-refractivity contribution in [2.75, 3.05) is 0 Å². The minimum atomic E-state index is -0.843. The Kier molecular flexibility index (Phi) is 2.33. The molecule has 0 atom stereocenters. The molecule has 64 valence electrons. The molecule has 1 aromatic rings. The van der Waals surface area contributed by atoms with Crippen molar-refractivity contribution in [2.45, 2.75) is 6.92 Å². The predicted molar refractivity (Wildman–Crippen MR) is 43.1 cm³/mol. The summed E-state index contributed by atoms with van der Waals surface area (Å²) in [6.07, 6.45) is 0. The topological polar surface area (TPSA) is 37.3 Å². The third-order valence-corrected chi connectivity index (χ3v) is 1.74. The molecule has 0 saturated carbocycles. The Morgan fingerprint density at radius 1 is 1.58 bits per heavy atom. The summed E-state index contributed by atoms with van der Waals surface area (Å²) in [7, 11) is 0. The van der Waals surface area contributed by atoms with Crippen LogP contribution in [0.4, 0.5) is 4.39 Å². The zero-order valence-electron chi connectivity index (χ0n) is 6.27. The number of carbonyl (C=O) groups excluding carboxylic acids is 1. The first-order valence-corrected chi connectivity index (χ1v) is 3.59. The molecule has 0 radical (unpaired) electrons. The molecule has 0 bridgehead atoms. The summed E-state index contributed by atoms with van der Waals surface area (Å²) in [5.41, 5.74) is -0.170. The molecule has 1 aromatic carbocycles. The molecule has 0 amide bonds. The van der Waals surface area contributed by atoms with Gasteiger partial charge in [0.15, 0.2) is 17.3 Å². The summed E-state index contributed by atoms with van der Waals surface area (Å²) < 4.78 is 12.7. The monoisotopic (exact) mass is 188 g/mol. The molecule has 0 unspecified atom stereocenters. The Morgan fingerprint density at radius 3 is 2.58 bits per heavy atom. The number of ketones is 1. The van der Waals surface area contributed by atoms with Gasteiger partial charge in [0, 0.05) is 0 Å². The molecule has 2 nitrogen and oxygen atoms in total. The summed E-state index contributed by atoms with van der Waals surface area (Å²) in [5, 5.41) is 9.13. The summed E-state index contributed by atoms with van der Waals surface area (Å²) in [6, 6.07) is 2.23. The van der Waals surface area contributed by atoms with Gasteiger partial charge in [0.05, 0.1) is 10.6 Å². The highest BCUT2D eigenvalue weighted by atomic mass is 35.5. The molecule has 0 aliphatic rings. The van der Waals surface area contributed by atoms with Gasteiger partial charge in [-0.15, -0.1) is 0 Å². The van der Waals surface area contributed by atoms with E-state index < -0.39 is 17.3 Å². The van der Waals surface area contributed by atoms with Gasteiger partial charge in [-0.05, 0) is 19.1 Å². The van der Waals surface area contributed by atoms with Crippen molar-refractivity contribution >= 4 is 17.4 Å². The highest BCUT2D eigenvalue weighted by molar-refractivity contribution is 6.34. The maximum Gasteiger partial charge on any atom is 0.165 e. The van der Waals surface area contributed by atoms with Crippen molar-refractivity contribution in [1.82, 2.24) is 0 Å². The number of aromatic hydroxyl groups is 1. The molecule has 0 aliphatic carbocycles. The molecular weight excluding hydrogens is 183 g/mol. The number of hydrogen-bond acceptors (Lipinski definition) is 2. The van der Waals surface area contributed by atoms with Crippen LogP contribution in [0.5, 0.6) is 5.75 Å². The number of benzene rings is 1. The Morgan fingerprint density at radius 2 is 2.17 bits per heavy atom. The van der Waals surface area contributed by atoms with E-state index in [1.807, 2.05) is 0 Å². The van der Waals surface area contributed by atoms with Crippen LogP contribution in [0.25, 0.3) is 0 Å². The van der Waals surface area contributed by atoms with Crippen molar-refractivity contribution in [3.05, 3.63) is 28.5 Å². The second kappa shape index (κ2) is 3.11. The van der Waals surface area contributed by atoms with E-state index in [2.05, 4.69) is 0 Å². The zero-order valence-corrected chi connectivity index (χ0v) is 7.02. The Hall–Kier alpha value is -1.09. The Balaban J connectivity index is 3.43. The third-order valence-electron chi connectivity index (χ3n) is 1.43. The minimum absolute atomic E-state index is 0.0569. The van der Waals surface area contributed by atoms with E-state index in [9.17, 15) is 9.18 Å². The number of Topliss-reactive ketones (excluding diaryl/α,β-unsaturated/α-hetero) is 1. The van der Waals surface area contributed by atoms with Gasteiger partial charge >= 0.3 is 0 Å². The number of carbonyl (C=O) groups is 1. The third kappa shape index (κ3) is 1.41. The maximum absolute atomic E-state index is 12.7. The second-order valence-corrected chi connectivity index (χ2v) is 2.72. The molecule has 0 fully saturated rings. The second-order valence-electron chi connectivity index (χ2n) is 2.31. The van der Waals surface area contributed by atoms with Crippen molar-refractivity contribution in [3.63, 3.8) is 0 Å². The van der Waals surface area contributed by atoms with Crippen LogP contribution in [-0.2, 0) is 0 Å². The fourth-order valence-corrected chi connectivity index (χ4v) is 1.16. The molecule has 0 saturated heterocycles. The predicted octanol–water partition coefficient (Wildman–Crippen LogP) is 2.39. The van der Waals surface area contributed by atoms with Crippen LogP contribution in [0.2, 0.25) is 5.02 Å². The van der Waals surface area contributed by atoms with E-state index >= 15 is 0 Å². The molecule has 0 spiro atoms. The van der Waals surface area contributed by atoms with Gasteiger partial charge in [-0.2, -0.15) is 0 Å². The summed E-state index contributed by atoms with van der Waals surface area (Å²) in [5.74, 6) is -1.99. The van der Waals surface area contributed by atoms with Crippen molar-refractivity contribution in [1.29, 1.82) is 0 Å². The van der Waals surface area contributed by atoms with Crippen LogP contribution in [0.1, 0.15) is 17.3 Å². The largest absolute Gasteiger partial charge is 0.504 e. The Labute approximate surface area is 73.6 Å². The number of phenolic OH excluding ortho intramolecular Hbond substituents is 1. The number of halogens is 2. The van der Waals surface area contributed by atoms with E-state index in [1.165, 1.54) is 13.0 Å². The lowest BCUT2D eigenvalue weighted by Gasteiger charge is -2.02. The number of hydrogen-bond donors (Lipinski definition) is 1. The first-order valence-electron chi connectivity index (χ1n) is 3.22. The molecule has 4 heteroatoms. The van der Waals surface area contributed by atoms with Crippen LogP contribution in [0, 0.1) is 5.82 Å². The summed E-state index contributed by atoms with van der Waals surface area (Å²) >= 11 is 5.55. The van der Waals surface area contributed by atoms with Gasteiger partial charge in [-0.3, -0.25) is 4.79 Å². The fourth-order valence-electron chi connectivity index (χ4n) is 0.876. The quantitative estimate of drug-likeness (QED) is 0.687. The van der Waals surface area contributed by atoms with Crippen molar-refractivity contribution in [3.8, 4) is 5.75 Å². The van der Waals surface area contributed by atoms with E-state index in [4.69, 9.17) is 16.7 Å². The van der Waals surface area contributed by atoms with Crippen LogP contribution in [0.3, 0.4) is 0 Å². The molecule has 1 N–H and O–H groups in total. The summed E-state index contributed by atoms with van der Waals surface area (Å²) in [6.45, 7) is 1.21. The van der Waals surface area contributed by atoms with Crippen LogP contribution in [0.15, 0.2) is 12.1 Å². The van der Waals surface area contributed by atoms with E-state index in [1.54, 1.807) is 0 Å². The fraction of sp³-hybridized carbons (Fsp3) is 0.125. The van der Waals surface area contributed by atoms with E-state index in [-0.39, 0.29) is 10.6 Å². The van der Waals surface area contributed by atoms with Crippen molar-refractivity contribution in [2.24, 2.45) is 0 Å². The van der Waals surface area contributed by atoms with Gasteiger partial charge in [0.25, 0.3) is 0 Å². The first kappa shape index (κ1) is 9.00. The van der Waals surface area contributed by atoms with Gasteiger partial charge in [0.1, 0.15) is 0 Å². The zero-order chi connectivity index (χ0) is 9.30. The lowest BCUT2D eigenvalue weighted by molar-refractivity contribution is 0.101. The molecule has 12 heavy (non-hydrogen) atoms. The van der Waals surface area contributed by atoms with Crippen LogP contribution >= 0.6 is 11.6 Å². The normalized spacial score (nSPS) is 9.92. The Bertz CT molecular complexity index is 336. The summed E-state index contributed by atoms with van der Waals surface area (Å²) in [4.78, 5) is 10.8. The maximum atomic E-state index is 12.7. The minimum Gasteiger partial charge on any atom is -0.504 e. The first-order chi connectivity index (χ1) is 5.54. The lowest BCUT2D eigenvalue weighted by Crippen LogP contribution is -1.95. The smallest absolute Gasteiger partial charge is 0.165 e. The van der Waals surface area contributed by atoms with Gasteiger partial charge in [-0.1, -0.05) is 11.6 Å². The highest BCUT2D eigenvalue weighted by Crippen LogP contribution is 2.28. The van der Waals surface area contributed by atoms with E-state index in [0.717, 1.165) is 6.07 Å². The van der Waals surface area contributed by atoms with Crippen LogP contribution in [-0.4, -0.2) is 10.9 Å². The standard InChI is InChI=1S/C8H6ClFO2/c1-4(11)7-5(9)2-3-6(10)8(7)12/h2-3,12H,1H3. The highest BCUT2D eigenvalue weighted by Gasteiger charge is 2.14. The van der Waals surface area contributed by atoms with Crippen molar-refractivity contribution < 1.29 is 14.3 Å². The average molecular weight is 189 g/mol. The number of rotatable bonds is 1. The van der Waals surface area contributed by atoms with Gasteiger partial charge in [0.2, 0.25) is 0 Å². The van der Waals surface area contributed by atoms with Crippen LogP contribution < -0.4 is 0 Å². The molecule has 1 rings (SSSR count).